The molecule has 0 unspecified atom stereocenters. The molecule has 10 heteroatoms. The van der Waals surface area contributed by atoms with Crippen LogP contribution in [0.4, 0.5) is 18.9 Å². The number of nitriles is 1. The molecule has 32 heavy (non-hydrogen) atoms. The minimum atomic E-state index is -4.53. The Morgan fingerprint density at radius 3 is 2.62 bits per heavy atom. The summed E-state index contributed by atoms with van der Waals surface area (Å²) in [7, 11) is 0. The summed E-state index contributed by atoms with van der Waals surface area (Å²) in [5.74, 6) is -0.680. The maximum absolute atomic E-state index is 12.9. The topological polar surface area (TPSA) is 79.9 Å². The van der Waals surface area contributed by atoms with Gasteiger partial charge < -0.3 is 10.1 Å². The molecule has 1 N–H and O–H groups in total. The van der Waals surface area contributed by atoms with Gasteiger partial charge in [-0.15, -0.1) is 0 Å². The number of carbonyl (C=O) groups excluding carboxylic acids is 1. The zero-order valence-electron chi connectivity index (χ0n) is 17.1. The van der Waals surface area contributed by atoms with E-state index in [2.05, 4.69) is 15.2 Å². The van der Waals surface area contributed by atoms with Crippen LogP contribution < -0.4 is 10.1 Å². The Morgan fingerprint density at radius 2 is 1.97 bits per heavy atom. The zero-order chi connectivity index (χ0) is 23.5. The van der Waals surface area contributed by atoms with E-state index in [9.17, 15) is 23.2 Å². The number of hydrogen-bond acceptors (Lipinski definition) is 4. The second-order valence-electron chi connectivity index (χ2n) is 6.98. The maximum Gasteiger partial charge on any atom is 0.422 e. The van der Waals surface area contributed by atoms with Gasteiger partial charge in [0, 0.05) is 16.4 Å². The number of ether oxygens (including phenoxy) is 1. The van der Waals surface area contributed by atoms with Crippen LogP contribution in [0.3, 0.4) is 0 Å². The lowest BCUT2D eigenvalue weighted by atomic mass is 10.1. The van der Waals surface area contributed by atoms with Crippen molar-refractivity contribution >= 4 is 23.2 Å². The fourth-order valence-electron chi connectivity index (χ4n) is 3.14. The first-order valence-electron chi connectivity index (χ1n) is 9.41. The molecule has 0 aliphatic carbocycles. The number of aryl methyl sites for hydroxylation is 1. The summed E-state index contributed by atoms with van der Waals surface area (Å²) in [6.07, 6.45) is -4.53. The first kappa shape index (κ1) is 23.2. The lowest BCUT2D eigenvalue weighted by molar-refractivity contribution is -0.153. The van der Waals surface area contributed by atoms with Crippen molar-refractivity contribution in [3.63, 3.8) is 0 Å². The number of nitrogens with zero attached hydrogens (tertiary/aromatic N) is 3. The minimum absolute atomic E-state index is 0.130. The molecule has 1 heterocycles. The first-order chi connectivity index (χ1) is 15.1. The van der Waals surface area contributed by atoms with E-state index in [4.69, 9.17) is 11.6 Å². The quantitative estimate of drug-likeness (QED) is 0.541. The number of hydrogen-bond donors (Lipinski definition) is 1. The number of carbonyl (C=O) groups is 1. The van der Waals surface area contributed by atoms with Gasteiger partial charge in [-0.3, -0.25) is 9.48 Å². The molecule has 0 atom stereocenters. The van der Waals surface area contributed by atoms with Gasteiger partial charge in [-0.2, -0.15) is 23.5 Å². The third-order valence-corrected chi connectivity index (χ3v) is 5.00. The number of nitrogens with one attached hydrogen (secondary N) is 1. The fourth-order valence-corrected chi connectivity index (χ4v) is 3.34. The molecule has 166 valence electrons. The van der Waals surface area contributed by atoms with Gasteiger partial charge in [0.1, 0.15) is 11.8 Å². The Kier molecular flexibility index (Phi) is 6.75. The Balaban J connectivity index is 1.79. The smallest absolute Gasteiger partial charge is 0.422 e. The minimum Gasteiger partial charge on any atom is -0.483 e. The van der Waals surface area contributed by atoms with E-state index in [1.54, 1.807) is 30.7 Å². The van der Waals surface area contributed by atoms with Crippen LogP contribution in [0, 0.1) is 25.2 Å². The van der Waals surface area contributed by atoms with E-state index in [0.717, 1.165) is 5.56 Å². The standard InChI is InChI=1S/C22H18ClF3N4O2/c1-13-20(14(2)30(29-13)11-15-5-3-4-6-18(15)23)21(31)28-17-7-8-19(16(9-17)10-27)32-12-22(24,25)26/h3-9H,11-12H2,1-2H3,(H,28,31). The van der Waals surface area contributed by atoms with Crippen LogP contribution in [0.25, 0.3) is 0 Å². The van der Waals surface area contributed by atoms with Crippen molar-refractivity contribution in [2.75, 3.05) is 11.9 Å². The second-order valence-corrected chi connectivity index (χ2v) is 7.38. The third-order valence-electron chi connectivity index (χ3n) is 4.64. The molecule has 3 aromatic rings. The van der Waals surface area contributed by atoms with Gasteiger partial charge in [-0.25, -0.2) is 0 Å². The summed E-state index contributed by atoms with van der Waals surface area (Å²) in [6, 6.07) is 12.9. The highest BCUT2D eigenvalue weighted by atomic mass is 35.5. The van der Waals surface area contributed by atoms with Crippen molar-refractivity contribution in [2.45, 2.75) is 26.6 Å². The summed E-state index contributed by atoms with van der Waals surface area (Å²) >= 11 is 6.21. The molecule has 0 aliphatic heterocycles. The van der Waals surface area contributed by atoms with Gasteiger partial charge in [0.2, 0.25) is 0 Å². The van der Waals surface area contributed by atoms with E-state index < -0.39 is 18.7 Å². The van der Waals surface area contributed by atoms with Gasteiger partial charge in [-0.1, -0.05) is 29.8 Å². The van der Waals surface area contributed by atoms with E-state index >= 15 is 0 Å². The van der Waals surface area contributed by atoms with Crippen molar-refractivity contribution in [3.8, 4) is 11.8 Å². The van der Waals surface area contributed by atoms with Crippen LogP contribution in [0.5, 0.6) is 5.75 Å². The molecule has 0 radical (unpaired) electrons. The van der Waals surface area contributed by atoms with Crippen molar-refractivity contribution in [1.29, 1.82) is 5.26 Å². The second kappa shape index (κ2) is 9.32. The van der Waals surface area contributed by atoms with Crippen LogP contribution in [0.2, 0.25) is 5.02 Å². The van der Waals surface area contributed by atoms with Gasteiger partial charge in [0.25, 0.3) is 5.91 Å². The van der Waals surface area contributed by atoms with Gasteiger partial charge >= 0.3 is 6.18 Å². The molecule has 0 bridgehead atoms. The molecule has 6 nitrogen and oxygen atoms in total. The number of rotatable bonds is 6. The maximum atomic E-state index is 12.9. The van der Waals surface area contributed by atoms with Crippen LogP contribution in [0.1, 0.15) is 32.9 Å². The summed E-state index contributed by atoms with van der Waals surface area (Å²) in [5.41, 5.74) is 2.43. The van der Waals surface area contributed by atoms with Crippen LogP contribution in [-0.2, 0) is 6.54 Å². The highest BCUT2D eigenvalue weighted by molar-refractivity contribution is 6.31. The van der Waals surface area contributed by atoms with E-state index in [1.807, 2.05) is 18.2 Å². The number of aromatic nitrogens is 2. The molecule has 2 aromatic carbocycles. The molecule has 3 rings (SSSR count). The van der Waals surface area contributed by atoms with Crippen LogP contribution in [-0.4, -0.2) is 28.5 Å². The molecule has 0 saturated heterocycles. The largest absolute Gasteiger partial charge is 0.483 e. The molecule has 0 fully saturated rings. The van der Waals surface area contributed by atoms with Crippen molar-refractivity contribution in [2.24, 2.45) is 0 Å². The molecular weight excluding hydrogens is 445 g/mol. The van der Waals surface area contributed by atoms with E-state index in [-0.39, 0.29) is 17.0 Å². The zero-order valence-corrected chi connectivity index (χ0v) is 17.9. The molecular formula is C22H18ClF3N4O2. The number of halogens is 4. The van der Waals surface area contributed by atoms with Crippen LogP contribution >= 0.6 is 11.6 Å². The highest BCUT2D eigenvalue weighted by Crippen LogP contribution is 2.26. The first-order valence-corrected chi connectivity index (χ1v) is 9.79. The average molecular weight is 463 g/mol. The molecule has 1 aromatic heterocycles. The SMILES string of the molecule is Cc1nn(Cc2ccccc2Cl)c(C)c1C(=O)Nc1ccc(OCC(F)(F)F)c(C#N)c1. The van der Waals surface area contributed by atoms with E-state index in [0.29, 0.717) is 28.5 Å². The fraction of sp³-hybridized carbons (Fsp3) is 0.227. The number of amides is 1. The Hall–Kier alpha value is -3.51. The third kappa shape index (κ3) is 5.39. The Labute approximate surface area is 187 Å². The monoisotopic (exact) mass is 462 g/mol. The number of benzene rings is 2. The lowest BCUT2D eigenvalue weighted by Gasteiger charge is -2.12. The van der Waals surface area contributed by atoms with Crippen molar-refractivity contribution in [3.05, 3.63) is 75.6 Å². The predicted octanol–water partition coefficient (Wildman–Crippen LogP) is 5.27. The normalized spacial score (nSPS) is 11.2. The summed E-state index contributed by atoms with van der Waals surface area (Å²) in [4.78, 5) is 12.9. The van der Waals surface area contributed by atoms with Gasteiger partial charge in [0.15, 0.2) is 6.61 Å². The molecule has 0 saturated carbocycles. The predicted molar refractivity (Wildman–Crippen MR) is 113 cm³/mol. The number of alkyl halides is 3. The Bertz CT molecular complexity index is 1200. The number of anilines is 1. The lowest BCUT2D eigenvalue weighted by Crippen LogP contribution is -2.19. The average Bonchev–Trinajstić information content (AvgIpc) is 3.01. The van der Waals surface area contributed by atoms with Crippen LogP contribution in [0.15, 0.2) is 42.5 Å². The summed E-state index contributed by atoms with van der Waals surface area (Å²) in [6.45, 7) is 2.31. The summed E-state index contributed by atoms with van der Waals surface area (Å²) in [5, 5.41) is 16.9. The summed E-state index contributed by atoms with van der Waals surface area (Å²) < 4.78 is 43.4. The highest BCUT2D eigenvalue weighted by Gasteiger charge is 2.29. The Morgan fingerprint density at radius 1 is 1.25 bits per heavy atom. The molecule has 0 spiro atoms. The van der Waals surface area contributed by atoms with E-state index in [1.165, 1.54) is 18.2 Å². The molecule has 0 aliphatic rings. The van der Waals surface area contributed by atoms with Gasteiger partial charge in [-0.05, 0) is 43.7 Å². The van der Waals surface area contributed by atoms with Crippen molar-refractivity contribution in [1.82, 2.24) is 9.78 Å². The van der Waals surface area contributed by atoms with Gasteiger partial charge in [0.05, 0.1) is 23.4 Å². The molecule has 1 amide bonds. The van der Waals surface area contributed by atoms with Crippen molar-refractivity contribution < 1.29 is 22.7 Å².